The standard InChI is InChI=1S/C15H21NO3S/c1-12-6-8-16(9-7-12)20(17,18)14-4-5-15-13(11-14)3-2-10-19-15/h4-5,11-12H,2-3,6-10H2,1H3. The molecule has 5 heteroatoms. The van der Waals surface area contributed by atoms with Gasteiger partial charge in [0.2, 0.25) is 10.0 Å². The molecule has 110 valence electrons. The molecule has 2 aliphatic rings. The van der Waals surface area contributed by atoms with Crippen LogP contribution in [0.3, 0.4) is 0 Å². The van der Waals surface area contributed by atoms with E-state index in [0.717, 1.165) is 43.6 Å². The average molecular weight is 295 g/mol. The first-order valence-corrected chi connectivity index (χ1v) is 8.77. The summed E-state index contributed by atoms with van der Waals surface area (Å²) in [5, 5.41) is 0. The van der Waals surface area contributed by atoms with Gasteiger partial charge < -0.3 is 4.74 Å². The summed E-state index contributed by atoms with van der Waals surface area (Å²) in [6.07, 6.45) is 3.76. The molecule has 0 aromatic heterocycles. The number of nitrogens with zero attached hydrogens (tertiary/aromatic N) is 1. The Labute approximate surface area is 120 Å². The van der Waals surface area contributed by atoms with Gasteiger partial charge in [0, 0.05) is 13.1 Å². The van der Waals surface area contributed by atoms with Gasteiger partial charge >= 0.3 is 0 Å². The minimum atomic E-state index is -3.34. The first-order valence-electron chi connectivity index (χ1n) is 7.33. The number of benzene rings is 1. The summed E-state index contributed by atoms with van der Waals surface area (Å²) in [6, 6.07) is 5.27. The second-order valence-corrected chi connectivity index (χ2v) is 7.75. The van der Waals surface area contributed by atoms with Gasteiger partial charge in [-0.05, 0) is 55.4 Å². The number of fused-ring (bicyclic) bond motifs is 1. The van der Waals surface area contributed by atoms with Gasteiger partial charge in [-0.25, -0.2) is 8.42 Å². The van der Waals surface area contributed by atoms with E-state index in [9.17, 15) is 8.42 Å². The van der Waals surface area contributed by atoms with E-state index in [2.05, 4.69) is 6.92 Å². The summed E-state index contributed by atoms with van der Waals surface area (Å²) in [6.45, 7) is 4.18. The van der Waals surface area contributed by atoms with Gasteiger partial charge in [0.05, 0.1) is 11.5 Å². The van der Waals surface area contributed by atoms with Crippen LogP contribution in [0.2, 0.25) is 0 Å². The molecule has 2 heterocycles. The lowest BCUT2D eigenvalue weighted by Gasteiger charge is -2.29. The Hall–Kier alpha value is -1.07. The molecule has 3 rings (SSSR count). The third-order valence-corrected chi connectivity index (χ3v) is 6.15. The molecule has 1 saturated heterocycles. The first kappa shape index (κ1) is 13.9. The SMILES string of the molecule is CC1CCN(S(=O)(=O)c2ccc3c(c2)CCCO3)CC1. The van der Waals surface area contributed by atoms with Crippen molar-refractivity contribution in [2.75, 3.05) is 19.7 Å². The maximum Gasteiger partial charge on any atom is 0.243 e. The molecule has 0 amide bonds. The van der Waals surface area contributed by atoms with Gasteiger partial charge in [-0.2, -0.15) is 4.31 Å². The van der Waals surface area contributed by atoms with E-state index in [1.165, 1.54) is 0 Å². The fraction of sp³-hybridized carbons (Fsp3) is 0.600. The van der Waals surface area contributed by atoms with Crippen molar-refractivity contribution in [2.45, 2.75) is 37.5 Å². The zero-order valence-corrected chi connectivity index (χ0v) is 12.7. The third-order valence-electron chi connectivity index (χ3n) is 4.26. The normalized spacial score (nSPS) is 21.2. The Morgan fingerprint density at radius 3 is 2.75 bits per heavy atom. The molecular weight excluding hydrogens is 274 g/mol. The van der Waals surface area contributed by atoms with E-state index >= 15 is 0 Å². The van der Waals surface area contributed by atoms with Crippen LogP contribution in [0.25, 0.3) is 0 Å². The molecule has 0 aliphatic carbocycles. The van der Waals surface area contributed by atoms with E-state index in [1.54, 1.807) is 22.5 Å². The predicted octanol–water partition coefficient (Wildman–Crippen LogP) is 2.43. The van der Waals surface area contributed by atoms with Crippen molar-refractivity contribution in [1.29, 1.82) is 0 Å². The summed E-state index contributed by atoms with van der Waals surface area (Å²) >= 11 is 0. The van der Waals surface area contributed by atoms with Gasteiger partial charge in [-0.15, -0.1) is 0 Å². The number of hydrogen-bond acceptors (Lipinski definition) is 3. The molecule has 4 nitrogen and oxygen atoms in total. The summed E-state index contributed by atoms with van der Waals surface area (Å²) in [5.41, 5.74) is 1.02. The summed E-state index contributed by atoms with van der Waals surface area (Å²) < 4.78 is 32.5. The largest absolute Gasteiger partial charge is 0.493 e. The van der Waals surface area contributed by atoms with Crippen LogP contribution in [0, 0.1) is 5.92 Å². The van der Waals surface area contributed by atoms with Crippen LogP contribution in [-0.2, 0) is 16.4 Å². The van der Waals surface area contributed by atoms with Crippen molar-refractivity contribution in [2.24, 2.45) is 5.92 Å². The highest BCUT2D eigenvalue weighted by molar-refractivity contribution is 7.89. The second kappa shape index (κ2) is 5.37. The number of sulfonamides is 1. The van der Waals surface area contributed by atoms with Gasteiger partial charge in [-0.1, -0.05) is 6.92 Å². The lowest BCUT2D eigenvalue weighted by atomic mass is 10.0. The molecule has 20 heavy (non-hydrogen) atoms. The summed E-state index contributed by atoms with van der Waals surface area (Å²) in [7, 11) is -3.34. The molecule has 0 radical (unpaired) electrons. The Kier molecular flexibility index (Phi) is 3.73. The van der Waals surface area contributed by atoms with Gasteiger partial charge in [0.1, 0.15) is 5.75 Å². The zero-order chi connectivity index (χ0) is 14.2. The van der Waals surface area contributed by atoms with Crippen molar-refractivity contribution >= 4 is 10.0 Å². The highest BCUT2D eigenvalue weighted by Crippen LogP contribution is 2.30. The molecule has 1 aromatic rings. The molecule has 2 aliphatic heterocycles. The lowest BCUT2D eigenvalue weighted by molar-refractivity contribution is 0.285. The lowest BCUT2D eigenvalue weighted by Crippen LogP contribution is -2.37. The monoisotopic (exact) mass is 295 g/mol. The minimum Gasteiger partial charge on any atom is -0.493 e. The summed E-state index contributed by atoms with van der Waals surface area (Å²) in [5.74, 6) is 1.46. The van der Waals surface area contributed by atoms with Crippen LogP contribution < -0.4 is 4.74 Å². The quantitative estimate of drug-likeness (QED) is 0.842. The minimum absolute atomic E-state index is 0.413. The van der Waals surface area contributed by atoms with E-state index < -0.39 is 10.0 Å². The van der Waals surface area contributed by atoms with Crippen molar-refractivity contribution in [3.63, 3.8) is 0 Å². The van der Waals surface area contributed by atoms with E-state index in [0.29, 0.717) is 23.9 Å². The van der Waals surface area contributed by atoms with Crippen molar-refractivity contribution in [3.05, 3.63) is 23.8 Å². The van der Waals surface area contributed by atoms with E-state index in [-0.39, 0.29) is 0 Å². The molecule has 0 bridgehead atoms. The first-order chi connectivity index (χ1) is 9.57. The molecule has 0 atom stereocenters. The molecule has 0 N–H and O–H groups in total. The van der Waals surface area contributed by atoms with Crippen LogP contribution in [0.1, 0.15) is 31.7 Å². The van der Waals surface area contributed by atoms with E-state index in [1.807, 2.05) is 0 Å². The zero-order valence-electron chi connectivity index (χ0n) is 11.8. The topological polar surface area (TPSA) is 46.6 Å². The Balaban J connectivity index is 1.87. The molecule has 0 unspecified atom stereocenters. The average Bonchev–Trinajstić information content (AvgIpc) is 2.47. The number of hydrogen-bond donors (Lipinski definition) is 0. The number of aryl methyl sites for hydroxylation is 1. The van der Waals surface area contributed by atoms with Crippen LogP contribution in [0.15, 0.2) is 23.1 Å². The molecular formula is C15H21NO3S. The van der Waals surface area contributed by atoms with Crippen molar-refractivity contribution in [3.8, 4) is 5.75 Å². The van der Waals surface area contributed by atoms with Gasteiger partial charge in [0.15, 0.2) is 0 Å². The Morgan fingerprint density at radius 2 is 2.00 bits per heavy atom. The van der Waals surface area contributed by atoms with Crippen LogP contribution in [-0.4, -0.2) is 32.4 Å². The van der Waals surface area contributed by atoms with Gasteiger partial charge in [-0.3, -0.25) is 0 Å². The number of rotatable bonds is 2. The fourth-order valence-corrected chi connectivity index (χ4v) is 4.39. The predicted molar refractivity (Wildman–Crippen MR) is 77.4 cm³/mol. The van der Waals surface area contributed by atoms with Gasteiger partial charge in [0.25, 0.3) is 0 Å². The number of piperidine rings is 1. The third kappa shape index (κ3) is 2.56. The molecule has 0 spiro atoms. The maximum absolute atomic E-state index is 12.7. The van der Waals surface area contributed by atoms with Crippen molar-refractivity contribution < 1.29 is 13.2 Å². The molecule has 1 aromatic carbocycles. The molecule has 1 fully saturated rings. The Morgan fingerprint density at radius 1 is 1.25 bits per heavy atom. The second-order valence-electron chi connectivity index (χ2n) is 5.81. The Bertz CT molecular complexity index is 589. The summed E-state index contributed by atoms with van der Waals surface area (Å²) in [4.78, 5) is 0.413. The smallest absolute Gasteiger partial charge is 0.243 e. The highest BCUT2D eigenvalue weighted by Gasteiger charge is 2.28. The van der Waals surface area contributed by atoms with Crippen LogP contribution >= 0.6 is 0 Å². The fourth-order valence-electron chi connectivity index (χ4n) is 2.87. The highest BCUT2D eigenvalue weighted by atomic mass is 32.2. The maximum atomic E-state index is 12.7. The molecule has 0 saturated carbocycles. The van der Waals surface area contributed by atoms with E-state index in [4.69, 9.17) is 4.74 Å². The van der Waals surface area contributed by atoms with Crippen molar-refractivity contribution in [1.82, 2.24) is 4.31 Å². The van der Waals surface area contributed by atoms with Crippen LogP contribution in [0.4, 0.5) is 0 Å². The number of ether oxygens (including phenoxy) is 1. The van der Waals surface area contributed by atoms with Crippen LogP contribution in [0.5, 0.6) is 5.75 Å².